The van der Waals surface area contributed by atoms with Gasteiger partial charge in [0.25, 0.3) is 0 Å². The monoisotopic (exact) mass is 293 g/mol. The Bertz CT molecular complexity index is 470. The van der Waals surface area contributed by atoms with Gasteiger partial charge in [-0.05, 0) is 17.4 Å². The van der Waals surface area contributed by atoms with Crippen LogP contribution in [0.15, 0.2) is 30.3 Å². The third-order valence-electron chi connectivity index (χ3n) is 3.52. The first-order valence-electron chi connectivity index (χ1n) is 7.04. The Morgan fingerprint density at radius 1 is 1.29 bits per heavy atom. The predicted octanol–water partition coefficient (Wildman–Crippen LogP) is 3.19. The fraction of sp³-hybridized carbons (Fsp3) is 0.500. The molecule has 1 aromatic rings. The quantitative estimate of drug-likeness (QED) is 0.809. The van der Waals surface area contributed by atoms with E-state index in [0.717, 1.165) is 12.0 Å². The number of alkyl carbamates (subject to hydrolysis) is 1. The van der Waals surface area contributed by atoms with E-state index in [-0.39, 0.29) is 12.0 Å². The minimum Gasteiger partial charge on any atom is -0.480 e. The molecular weight excluding hydrogens is 270 g/mol. The van der Waals surface area contributed by atoms with Crippen molar-refractivity contribution >= 4 is 12.1 Å². The fourth-order valence-electron chi connectivity index (χ4n) is 1.80. The number of benzene rings is 1. The molecule has 0 aliphatic carbocycles. The topological polar surface area (TPSA) is 75.6 Å². The molecular formula is C16H23NO4. The molecule has 0 saturated heterocycles. The minimum absolute atomic E-state index is 0.121. The Balaban J connectivity index is 2.51. The second-order valence-electron chi connectivity index (χ2n) is 5.82. The second kappa shape index (κ2) is 7.67. The van der Waals surface area contributed by atoms with E-state index >= 15 is 0 Å². The van der Waals surface area contributed by atoms with Crippen LogP contribution >= 0.6 is 0 Å². The van der Waals surface area contributed by atoms with Crippen LogP contribution in [0.2, 0.25) is 0 Å². The molecule has 1 aromatic carbocycles. The molecule has 0 spiro atoms. The van der Waals surface area contributed by atoms with Gasteiger partial charge in [0.15, 0.2) is 0 Å². The molecule has 0 fully saturated rings. The summed E-state index contributed by atoms with van der Waals surface area (Å²) in [5.74, 6) is -1.05. The average Bonchev–Trinajstić information content (AvgIpc) is 2.45. The number of hydrogen-bond acceptors (Lipinski definition) is 3. The highest BCUT2D eigenvalue weighted by Crippen LogP contribution is 2.26. The highest BCUT2D eigenvalue weighted by molar-refractivity contribution is 5.79. The van der Waals surface area contributed by atoms with Crippen LogP contribution in [0.4, 0.5) is 4.79 Å². The number of carboxylic acid groups (broad SMARTS) is 1. The van der Waals surface area contributed by atoms with Crippen molar-refractivity contribution in [3.8, 4) is 0 Å². The lowest BCUT2D eigenvalue weighted by Gasteiger charge is -2.26. The first-order valence-corrected chi connectivity index (χ1v) is 7.04. The molecule has 5 nitrogen and oxygen atoms in total. The summed E-state index contributed by atoms with van der Waals surface area (Å²) in [5, 5.41) is 11.6. The van der Waals surface area contributed by atoms with Gasteiger partial charge in [0, 0.05) is 0 Å². The third kappa shape index (κ3) is 6.29. The van der Waals surface area contributed by atoms with E-state index in [1.165, 1.54) is 0 Å². The highest BCUT2D eigenvalue weighted by Gasteiger charge is 2.28. The first-order chi connectivity index (χ1) is 9.84. The molecule has 0 saturated carbocycles. The zero-order chi connectivity index (χ0) is 15.9. The number of carboxylic acids is 1. The van der Waals surface area contributed by atoms with Crippen LogP contribution in [0, 0.1) is 5.41 Å². The standard InChI is InChI=1S/C16H23NO4/c1-4-16(2,3)10-13(14(18)19)17-15(20)21-11-12-8-6-5-7-9-12/h5-9,13H,4,10-11H2,1-3H3,(H,17,20)(H,18,19)/t13-/m1/s1. The van der Waals surface area contributed by atoms with Crippen LogP contribution in [-0.4, -0.2) is 23.2 Å². The third-order valence-corrected chi connectivity index (χ3v) is 3.52. The van der Waals surface area contributed by atoms with Crippen LogP contribution in [-0.2, 0) is 16.1 Å². The van der Waals surface area contributed by atoms with Gasteiger partial charge >= 0.3 is 12.1 Å². The van der Waals surface area contributed by atoms with Gasteiger partial charge in [0.2, 0.25) is 0 Å². The van der Waals surface area contributed by atoms with Crippen molar-refractivity contribution < 1.29 is 19.4 Å². The Morgan fingerprint density at radius 2 is 1.90 bits per heavy atom. The number of carbonyl (C=O) groups excluding carboxylic acids is 1. The Hall–Kier alpha value is -2.04. The zero-order valence-corrected chi connectivity index (χ0v) is 12.8. The van der Waals surface area contributed by atoms with Gasteiger partial charge in [0.05, 0.1) is 0 Å². The van der Waals surface area contributed by atoms with Crippen LogP contribution in [0.1, 0.15) is 39.2 Å². The number of aliphatic carboxylic acids is 1. The molecule has 1 rings (SSSR count). The number of rotatable bonds is 7. The van der Waals surface area contributed by atoms with Crippen molar-refractivity contribution in [1.29, 1.82) is 0 Å². The van der Waals surface area contributed by atoms with Gasteiger partial charge < -0.3 is 15.2 Å². The molecule has 1 amide bonds. The second-order valence-corrected chi connectivity index (χ2v) is 5.82. The van der Waals surface area contributed by atoms with Gasteiger partial charge in [-0.3, -0.25) is 0 Å². The number of hydrogen-bond donors (Lipinski definition) is 2. The maximum Gasteiger partial charge on any atom is 0.408 e. The van der Waals surface area contributed by atoms with Gasteiger partial charge in [-0.1, -0.05) is 57.5 Å². The molecule has 0 radical (unpaired) electrons. The van der Waals surface area contributed by atoms with E-state index in [0.29, 0.717) is 6.42 Å². The maximum atomic E-state index is 11.7. The summed E-state index contributed by atoms with van der Waals surface area (Å²) in [4.78, 5) is 22.9. The van der Waals surface area contributed by atoms with Crippen molar-refractivity contribution in [2.24, 2.45) is 5.41 Å². The van der Waals surface area contributed by atoms with Crippen LogP contribution in [0.25, 0.3) is 0 Å². The van der Waals surface area contributed by atoms with Crippen LogP contribution in [0.5, 0.6) is 0 Å². The number of carbonyl (C=O) groups is 2. The number of ether oxygens (including phenoxy) is 1. The largest absolute Gasteiger partial charge is 0.480 e. The summed E-state index contributed by atoms with van der Waals surface area (Å²) in [7, 11) is 0. The van der Waals surface area contributed by atoms with Gasteiger partial charge in [-0.25, -0.2) is 9.59 Å². The summed E-state index contributed by atoms with van der Waals surface area (Å²) >= 11 is 0. The smallest absolute Gasteiger partial charge is 0.408 e. The molecule has 0 aliphatic rings. The van der Waals surface area contributed by atoms with Crippen molar-refractivity contribution in [3.05, 3.63) is 35.9 Å². The molecule has 0 aliphatic heterocycles. The molecule has 21 heavy (non-hydrogen) atoms. The normalized spacial score (nSPS) is 12.5. The van der Waals surface area contributed by atoms with Crippen LogP contribution in [0.3, 0.4) is 0 Å². The molecule has 2 N–H and O–H groups in total. The average molecular weight is 293 g/mol. The molecule has 5 heteroatoms. The van der Waals surface area contributed by atoms with Crippen molar-refractivity contribution in [3.63, 3.8) is 0 Å². The SMILES string of the molecule is CCC(C)(C)C[C@@H](NC(=O)OCc1ccccc1)C(=O)O. The number of amides is 1. The molecule has 0 aromatic heterocycles. The Morgan fingerprint density at radius 3 is 2.43 bits per heavy atom. The molecule has 0 heterocycles. The van der Waals surface area contributed by atoms with Crippen molar-refractivity contribution in [2.45, 2.75) is 46.3 Å². The lowest BCUT2D eigenvalue weighted by molar-refractivity contribution is -0.140. The summed E-state index contributed by atoms with van der Waals surface area (Å²) < 4.78 is 5.04. The molecule has 0 bridgehead atoms. The van der Waals surface area contributed by atoms with E-state index in [2.05, 4.69) is 5.32 Å². The Kier molecular flexibility index (Phi) is 6.21. The van der Waals surface area contributed by atoms with E-state index in [1.807, 2.05) is 51.1 Å². The zero-order valence-electron chi connectivity index (χ0n) is 12.8. The lowest BCUT2D eigenvalue weighted by atomic mass is 9.83. The van der Waals surface area contributed by atoms with E-state index in [1.54, 1.807) is 0 Å². The molecule has 1 atom stereocenters. The van der Waals surface area contributed by atoms with E-state index < -0.39 is 18.1 Å². The fourth-order valence-corrected chi connectivity index (χ4v) is 1.80. The lowest BCUT2D eigenvalue weighted by Crippen LogP contribution is -2.43. The predicted molar refractivity (Wildman–Crippen MR) is 79.9 cm³/mol. The summed E-state index contributed by atoms with van der Waals surface area (Å²) in [6.07, 6.45) is 0.481. The van der Waals surface area contributed by atoms with Crippen molar-refractivity contribution in [2.75, 3.05) is 0 Å². The van der Waals surface area contributed by atoms with Crippen molar-refractivity contribution in [1.82, 2.24) is 5.32 Å². The Labute approximate surface area is 125 Å². The summed E-state index contributed by atoms with van der Waals surface area (Å²) in [6, 6.07) is 8.30. The molecule has 0 unspecified atom stereocenters. The summed E-state index contributed by atoms with van der Waals surface area (Å²) in [6.45, 7) is 6.06. The van der Waals surface area contributed by atoms with Gasteiger partial charge in [-0.15, -0.1) is 0 Å². The highest BCUT2D eigenvalue weighted by atomic mass is 16.5. The van der Waals surface area contributed by atoms with Gasteiger partial charge in [0.1, 0.15) is 12.6 Å². The first kappa shape index (κ1) is 17.0. The van der Waals surface area contributed by atoms with Crippen LogP contribution < -0.4 is 5.32 Å². The van der Waals surface area contributed by atoms with Gasteiger partial charge in [-0.2, -0.15) is 0 Å². The molecule has 116 valence electrons. The summed E-state index contributed by atoms with van der Waals surface area (Å²) in [5.41, 5.74) is 0.698. The maximum absolute atomic E-state index is 11.7. The number of nitrogens with one attached hydrogen (secondary N) is 1. The minimum atomic E-state index is -1.05. The van der Waals surface area contributed by atoms with E-state index in [4.69, 9.17) is 4.74 Å². The van der Waals surface area contributed by atoms with E-state index in [9.17, 15) is 14.7 Å².